The molecular formula is C26H30N2O6S2. The van der Waals surface area contributed by atoms with Crippen molar-refractivity contribution in [3.8, 4) is 17.2 Å². The van der Waals surface area contributed by atoms with Gasteiger partial charge in [-0.15, -0.1) is 11.8 Å². The summed E-state index contributed by atoms with van der Waals surface area (Å²) in [7, 11) is -0.994. The molecule has 1 N–H and O–H groups in total. The van der Waals surface area contributed by atoms with Crippen molar-refractivity contribution in [3.05, 3.63) is 72.3 Å². The number of sulfonamides is 1. The van der Waals surface area contributed by atoms with Crippen LogP contribution < -0.4 is 23.8 Å². The summed E-state index contributed by atoms with van der Waals surface area (Å²) in [6.45, 7) is 1.91. The van der Waals surface area contributed by atoms with Crippen molar-refractivity contribution in [3.63, 3.8) is 0 Å². The third kappa shape index (κ3) is 6.44. The number of hydrogen-bond donors (Lipinski definition) is 1. The summed E-state index contributed by atoms with van der Waals surface area (Å²) in [5, 5.41) is 2.80. The molecule has 8 nitrogen and oxygen atoms in total. The number of benzene rings is 3. The van der Waals surface area contributed by atoms with E-state index in [-0.39, 0.29) is 17.1 Å². The van der Waals surface area contributed by atoms with Crippen molar-refractivity contribution in [1.29, 1.82) is 0 Å². The third-order valence-corrected chi connectivity index (χ3v) is 7.82. The van der Waals surface area contributed by atoms with Crippen LogP contribution in [0.3, 0.4) is 0 Å². The number of thioether (sulfide) groups is 1. The molecule has 0 unspecified atom stereocenters. The fourth-order valence-corrected chi connectivity index (χ4v) is 5.33. The molecule has 0 aliphatic carbocycles. The second-order valence-corrected chi connectivity index (χ2v) is 10.3. The smallest absolute Gasteiger partial charge is 0.264 e. The minimum atomic E-state index is -4.07. The average molecular weight is 531 g/mol. The van der Waals surface area contributed by atoms with Gasteiger partial charge in [0.05, 0.1) is 31.4 Å². The molecule has 3 aromatic carbocycles. The summed E-state index contributed by atoms with van der Waals surface area (Å²) in [5.74, 6) is 1.01. The maximum absolute atomic E-state index is 13.7. The molecule has 3 rings (SSSR count). The lowest BCUT2D eigenvalue weighted by Gasteiger charge is -2.26. The summed E-state index contributed by atoms with van der Waals surface area (Å²) >= 11 is 1.51. The largest absolute Gasteiger partial charge is 0.493 e. The zero-order valence-corrected chi connectivity index (χ0v) is 22.3. The summed E-state index contributed by atoms with van der Waals surface area (Å²) in [6.07, 6.45) is 1.91. The van der Waals surface area contributed by atoms with Crippen LogP contribution in [0.1, 0.15) is 12.5 Å². The first-order valence-corrected chi connectivity index (χ1v) is 13.9. The molecular weight excluding hydrogens is 500 g/mol. The fourth-order valence-electron chi connectivity index (χ4n) is 3.49. The first kappa shape index (κ1) is 27.2. The molecule has 3 aromatic rings. The number of nitrogens with zero attached hydrogens (tertiary/aromatic N) is 1. The molecule has 0 aliphatic rings. The van der Waals surface area contributed by atoms with E-state index >= 15 is 0 Å². The van der Waals surface area contributed by atoms with Crippen molar-refractivity contribution in [2.45, 2.75) is 23.3 Å². The van der Waals surface area contributed by atoms with Gasteiger partial charge in [-0.2, -0.15) is 0 Å². The number of nitrogens with one attached hydrogen (secondary N) is 1. The molecule has 0 fully saturated rings. The van der Waals surface area contributed by atoms with Crippen LogP contribution in [0.5, 0.6) is 17.2 Å². The highest BCUT2D eigenvalue weighted by molar-refractivity contribution is 7.98. The van der Waals surface area contributed by atoms with Crippen LogP contribution >= 0.6 is 11.8 Å². The highest BCUT2D eigenvalue weighted by Crippen LogP contribution is 2.33. The number of para-hydroxylation sites is 2. The van der Waals surface area contributed by atoms with E-state index in [4.69, 9.17) is 14.2 Å². The summed E-state index contributed by atoms with van der Waals surface area (Å²) in [6, 6.07) is 18.6. The second kappa shape index (κ2) is 12.5. The van der Waals surface area contributed by atoms with Crippen LogP contribution in [-0.4, -0.2) is 48.0 Å². The maximum atomic E-state index is 13.7. The fraction of sp³-hybridized carbons (Fsp3) is 0.269. The molecule has 0 spiro atoms. The summed E-state index contributed by atoms with van der Waals surface area (Å²) in [4.78, 5) is 14.0. The number of carbonyl (C=O) groups excluding carboxylic acids is 1. The third-order valence-electron chi connectivity index (χ3n) is 5.31. The predicted octanol–water partition coefficient (Wildman–Crippen LogP) is 4.34. The zero-order chi connectivity index (χ0) is 26.1. The molecule has 0 saturated carbocycles. The van der Waals surface area contributed by atoms with Gasteiger partial charge in [0, 0.05) is 11.4 Å². The van der Waals surface area contributed by atoms with E-state index in [1.54, 1.807) is 73.8 Å². The van der Waals surface area contributed by atoms with Crippen LogP contribution in [0, 0.1) is 0 Å². The van der Waals surface area contributed by atoms with Gasteiger partial charge in [-0.05, 0) is 67.3 Å². The Morgan fingerprint density at radius 3 is 2.28 bits per heavy atom. The van der Waals surface area contributed by atoms with Gasteiger partial charge in [-0.3, -0.25) is 9.10 Å². The number of anilines is 1. The summed E-state index contributed by atoms with van der Waals surface area (Å²) in [5.41, 5.74) is 1.06. The van der Waals surface area contributed by atoms with E-state index in [9.17, 15) is 13.2 Å². The van der Waals surface area contributed by atoms with Crippen molar-refractivity contribution < 1.29 is 27.4 Å². The molecule has 0 radical (unpaired) electrons. The lowest BCUT2D eigenvalue weighted by atomic mass is 10.2. The van der Waals surface area contributed by atoms with Crippen molar-refractivity contribution in [2.24, 2.45) is 0 Å². The number of hydrogen-bond acceptors (Lipinski definition) is 7. The first-order valence-electron chi connectivity index (χ1n) is 11.2. The molecule has 1 amide bonds. The normalized spacial score (nSPS) is 11.0. The molecule has 36 heavy (non-hydrogen) atoms. The lowest BCUT2D eigenvalue weighted by molar-refractivity contribution is -0.119. The average Bonchev–Trinajstić information content (AvgIpc) is 2.91. The summed E-state index contributed by atoms with van der Waals surface area (Å²) < 4.78 is 44.7. The van der Waals surface area contributed by atoms with E-state index < -0.39 is 22.5 Å². The van der Waals surface area contributed by atoms with E-state index in [0.717, 1.165) is 14.8 Å². The first-order chi connectivity index (χ1) is 17.3. The Labute approximate surface area is 216 Å². The minimum Gasteiger partial charge on any atom is -0.493 e. The Morgan fingerprint density at radius 2 is 1.64 bits per heavy atom. The Hall–Kier alpha value is -3.37. The van der Waals surface area contributed by atoms with Crippen LogP contribution in [0.2, 0.25) is 0 Å². The van der Waals surface area contributed by atoms with Gasteiger partial charge in [0.1, 0.15) is 12.3 Å². The Balaban J connectivity index is 1.89. The molecule has 10 heteroatoms. The quantitative estimate of drug-likeness (QED) is 0.348. The maximum Gasteiger partial charge on any atom is 0.264 e. The number of methoxy groups -OCH3 is 2. The van der Waals surface area contributed by atoms with Crippen molar-refractivity contribution >= 4 is 33.4 Å². The molecule has 0 bridgehead atoms. The highest BCUT2D eigenvalue weighted by Gasteiger charge is 2.29. The van der Waals surface area contributed by atoms with Crippen LogP contribution in [-0.2, 0) is 21.4 Å². The van der Waals surface area contributed by atoms with E-state index in [0.29, 0.717) is 23.9 Å². The molecule has 0 heterocycles. The Kier molecular flexibility index (Phi) is 9.49. The Morgan fingerprint density at radius 1 is 0.944 bits per heavy atom. The number of rotatable bonds is 12. The predicted molar refractivity (Wildman–Crippen MR) is 142 cm³/mol. The van der Waals surface area contributed by atoms with Crippen LogP contribution in [0.4, 0.5) is 5.69 Å². The minimum absolute atomic E-state index is 0.0827. The topological polar surface area (TPSA) is 94.2 Å². The highest BCUT2D eigenvalue weighted by atomic mass is 32.2. The number of ether oxygens (including phenoxy) is 3. The Bertz CT molecular complexity index is 1280. The monoisotopic (exact) mass is 530 g/mol. The van der Waals surface area contributed by atoms with E-state index in [1.807, 2.05) is 13.2 Å². The van der Waals surface area contributed by atoms with Crippen LogP contribution in [0.15, 0.2) is 76.5 Å². The van der Waals surface area contributed by atoms with E-state index in [1.165, 1.54) is 18.9 Å². The molecule has 192 valence electrons. The van der Waals surface area contributed by atoms with Gasteiger partial charge in [-0.25, -0.2) is 8.42 Å². The molecule has 0 atom stereocenters. The van der Waals surface area contributed by atoms with Gasteiger partial charge in [0.15, 0.2) is 11.5 Å². The molecule has 0 aromatic heterocycles. The standard InChI is InChI=1S/C26H30N2O6S2/c1-5-34-23-9-7-6-8-22(23)28(36(30,31)21-13-11-20(35-4)12-14-21)18-26(29)27-17-19-10-15-24(32-2)25(16-19)33-3/h6-16H,5,17-18H2,1-4H3,(H,27,29). The van der Waals surface area contributed by atoms with Crippen molar-refractivity contribution in [1.82, 2.24) is 5.32 Å². The van der Waals surface area contributed by atoms with Gasteiger partial charge in [0.25, 0.3) is 10.0 Å². The van der Waals surface area contributed by atoms with E-state index in [2.05, 4.69) is 5.32 Å². The van der Waals surface area contributed by atoms with Crippen molar-refractivity contribution in [2.75, 3.05) is 37.9 Å². The number of carbonyl (C=O) groups is 1. The lowest BCUT2D eigenvalue weighted by Crippen LogP contribution is -2.40. The van der Waals surface area contributed by atoms with Gasteiger partial charge in [-0.1, -0.05) is 18.2 Å². The molecule has 0 aliphatic heterocycles. The molecule has 0 saturated heterocycles. The van der Waals surface area contributed by atoms with Gasteiger partial charge >= 0.3 is 0 Å². The van der Waals surface area contributed by atoms with Gasteiger partial charge < -0.3 is 19.5 Å². The van der Waals surface area contributed by atoms with Gasteiger partial charge in [0.2, 0.25) is 5.91 Å². The second-order valence-electron chi connectivity index (χ2n) is 7.55. The number of amides is 1. The zero-order valence-electron chi connectivity index (χ0n) is 20.7. The van der Waals surface area contributed by atoms with Crippen LogP contribution in [0.25, 0.3) is 0 Å². The SMILES string of the molecule is CCOc1ccccc1N(CC(=O)NCc1ccc(OC)c(OC)c1)S(=O)(=O)c1ccc(SC)cc1.